The molecule has 176 valence electrons. The summed E-state index contributed by atoms with van der Waals surface area (Å²) in [6.07, 6.45) is 13.6. The van der Waals surface area contributed by atoms with Crippen molar-refractivity contribution < 1.29 is 19.1 Å². The topological polar surface area (TPSA) is 125 Å². The van der Waals surface area contributed by atoms with Crippen LogP contribution in [0.1, 0.15) is 49.4 Å². The van der Waals surface area contributed by atoms with Gasteiger partial charge in [0.15, 0.2) is 5.82 Å². The molecule has 1 saturated heterocycles. The summed E-state index contributed by atoms with van der Waals surface area (Å²) in [4.78, 5) is 27.5. The Kier molecular flexibility index (Phi) is 10.7. The first-order valence-corrected chi connectivity index (χ1v) is 10.7. The number of amides is 1. The fourth-order valence-electron chi connectivity index (χ4n) is 3.60. The van der Waals surface area contributed by atoms with Gasteiger partial charge in [-0.05, 0) is 43.9 Å². The fraction of sp³-hybridized carbons (Fsp3) is 0.333. The van der Waals surface area contributed by atoms with Crippen molar-refractivity contribution in [3.05, 3.63) is 77.7 Å². The van der Waals surface area contributed by atoms with Crippen LogP contribution in [0.3, 0.4) is 0 Å². The maximum atomic E-state index is 13.8. The summed E-state index contributed by atoms with van der Waals surface area (Å²) < 4.78 is 13.8. The molecule has 0 bridgehead atoms. The molecule has 4 N–H and O–H groups in total. The Morgan fingerprint density at radius 1 is 1.33 bits per heavy atom. The normalized spacial score (nSPS) is 16.9. The van der Waals surface area contributed by atoms with E-state index in [9.17, 15) is 9.18 Å². The number of nitrogens with one attached hydrogen (secondary N) is 1. The quantitative estimate of drug-likeness (QED) is 0.414. The van der Waals surface area contributed by atoms with Crippen molar-refractivity contribution in [2.75, 3.05) is 6.54 Å². The molecular formula is C24H30FN5O3. The molecule has 0 spiro atoms. The predicted octanol–water partition coefficient (Wildman–Crippen LogP) is 3.41. The number of aromatic amines is 1. The van der Waals surface area contributed by atoms with Crippen molar-refractivity contribution in [3.8, 4) is 0 Å². The van der Waals surface area contributed by atoms with E-state index in [1.165, 1.54) is 6.07 Å². The monoisotopic (exact) mass is 455 g/mol. The molecule has 0 radical (unpaired) electrons. The second kappa shape index (κ2) is 13.7. The number of likely N-dealkylation sites (tertiary alicyclic amines) is 1. The SMILES string of the molecule is CC=CC=CC=Cc1n[nH]c([C@@H]2CCCN2C(=O)C[C@H](N)Cc2ccccc2F)n1.O=CO. The molecule has 2 atom stereocenters. The first kappa shape index (κ1) is 25.7. The summed E-state index contributed by atoms with van der Waals surface area (Å²) in [5, 5.41) is 14.1. The number of nitrogens with zero attached hydrogens (tertiary/aromatic N) is 3. The number of H-pyrrole nitrogens is 1. The molecule has 1 aliphatic rings. The molecule has 1 fully saturated rings. The van der Waals surface area contributed by atoms with Gasteiger partial charge in [-0.2, -0.15) is 5.10 Å². The van der Waals surface area contributed by atoms with E-state index in [2.05, 4.69) is 15.2 Å². The van der Waals surface area contributed by atoms with Gasteiger partial charge in [0.1, 0.15) is 11.6 Å². The number of benzene rings is 1. The molecule has 0 aliphatic carbocycles. The molecule has 9 heteroatoms. The summed E-state index contributed by atoms with van der Waals surface area (Å²) in [5.74, 6) is 0.928. The Morgan fingerprint density at radius 3 is 2.79 bits per heavy atom. The Bertz CT molecular complexity index is 986. The average molecular weight is 456 g/mol. The number of aromatic nitrogens is 3. The minimum Gasteiger partial charge on any atom is -0.483 e. The molecule has 2 heterocycles. The summed E-state index contributed by atoms with van der Waals surface area (Å²) in [6, 6.07) is 5.96. The smallest absolute Gasteiger partial charge is 0.290 e. The number of carbonyl (C=O) groups excluding carboxylic acids is 1. The molecule has 0 unspecified atom stereocenters. The number of halogens is 1. The average Bonchev–Trinajstić information content (AvgIpc) is 3.45. The molecule has 1 amide bonds. The second-order valence-corrected chi connectivity index (χ2v) is 7.46. The summed E-state index contributed by atoms with van der Waals surface area (Å²) in [5.41, 5.74) is 6.68. The highest BCUT2D eigenvalue weighted by atomic mass is 19.1. The van der Waals surface area contributed by atoms with E-state index in [0.717, 1.165) is 12.8 Å². The Balaban J connectivity index is 0.00000122. The van der Waals surface area contributed by atoms with Gasteiger partial charge in [0.25, 0.3) is 6.47 Å². The van der Waals surface area contributed by atoms with Crippen LogP contribution in [-0.2, 0) is 16.0 Å². The van der Waals surface area contributed by atoms with Crippen molar-refractivity contribution in [2.45, 2.75) is 44.7 Å². The third-order valence-electron chi connectivity index (χ3n) is 5.06. The Hall–Kier alpha value is -3.59. The van der Waals surface area contributed by atoms with Crippen LogP contribution in [0.4, 0.5) is 4.39 Å². The number of hydrogen-bond acceptors (Lipinski definition) is 5. The lowest BCUT2D eigenvalue weighted by Crippen LogP contribution is -2.36. The number of carbonyl (C=O) groups is 2. The van der Waals surface area contributed by atoms with Gasteiger partial charge in [0, 0.05) is 19.0 Å². The number of hydrogen-bond donors (Lipinski definition) is 3. The second-order valence-electron chi connectivity index (χ2n) is 7.46. The minimum absolute atomic E-state index is 0.0379. The van der Waals surface area contributed by atoms with E-state index in [4.69, 9.17) is 15.6 Å². The van der Waals surface area contributed by atoms with Crippen LogP contribution >= 0.6 is 0 Å². The molecule has 33 heavy (non-hydrogen) atoms. The van der Waals surface area contributed by atoms with Gasteiger partial charge in [-0.15, -0.1) is 0 Å². The van der Waals surface area contributed by atoms with Crippen molar-refractivity contribution in [1.29, 1.82) is 0 Å². The van der Waals surface area contributed by atoms with Crippen molar-refractivity contribution in [1.82, 2.24) is 20.1 Å². The maximum Gasteiger partial charge on any atom is 0.290 e. The molecule has 2 aromatic rings. The highest BCUT2D eigenvalue weighted by Crippen LogP contribution is 2.30. The van der Waals surface area contributed by atoms with Crippen molar-refractivity contribution in [3.63, 3.8) is 0 Å². The van der Waals surface area contributed by atoms with E-state index >= 15 is 0 Å². The van der Waals surface area contributed by atoms with Crippen LogP contribution in [-0.4, -0.2) is 50.2 Å². The maximum absolute atomic E-state index is 13.8. The summed E-state index contributed by atoms with van der Waals surface area (Å²) in [6.45, 7) is 2.37. The van der Waals surface area contributed by atoms with Crippen molar-refractivity contribution in [2.24, 2.45) is 5.73 Å². The van der Waals surface area contributed by atoms with Crippen LogP contribution in [0.15, 0.2) is 54.6 Å². The van der Waals surface area contributed by atoms with E-state index in [1.807, 2.05) is 43.4 Å². The predicted molar refractivity (Wildman–Crippen MR) is 124 cm³/mol. The van der Waals surface area contributed by atoms with Gasteiger partial charge in [-0.3, -0.25) is 14.7 Å². The van der Waals surface area contributed by atoms with Crippen LogP contribution in [0.5, 0.6) is 0 Å². The number of carboxylic acid groups (broad SMARTS) is 1. The van der Waals surface area contributed by atoms with Gasteiger partial charge in [0.2, 0.25) is 5.91 Å². The van der Waals surface area contributed by atoms with Crippen LogP contribution in [0.2, 0.25) is 0 Å². The molecule has 1 aliphatic heterocycles. The van der Waals surface area contributed by atoms with E-state index in [-0.39, 0.29) is 30.7 Å². The standard InChI is InChI=1S/C23H28FN5O.CH2O2/c1-2-3-4-5-6-13-21-26-23(28-27-21)20-12-9-14-29(20)22(30)16-18(25)15-17-10-7-8-11-19(17)24;2-1-3/h2-8,10-11,13,18,20H,9,12,14-16,25H2,1H3,(H,26,27,28);1H,(H,2,3)/t18-,20+;/m1./s1. The van der Waals surface area contributed by atoms with Gasteiger partial charge in [0.05, 0.1) is 6.04 Å². The highest BCUT2D eigenvalue weighted by Gasteiger charge is 2.32. The number of nitrogens with two attached hydrogens (primary N) is 1. The zero-order chi connectivity index (χ0) is 24.1. The van der Waals surface area contributed by atoms with E-state index < -0.39 is 6.04 Å². The molecule has 1 aromatic carbocycles. The first-order valence-electron chi connectivity index (χ1n) is 10.7. The van der Waals surface area contributed by atoms with Gasteiger partial charge < -0.3 is 15.7 Å². The fourth-order valence-corrected chi connectivity index (χ4v) is 3.60. The molecule has 1 aromatic heterocycles. The van der Waals surface area contributed by atoms with Gasteiger partial charge in [-0.1, -0.05) is 48.6 Å². The third-order valence-corrected chi connectivity index (χ3v) is 5.06. The first-order chi connectivity index (χ1) is 16.0. The third kappa shape index (κ3) is 8.12. The van der Waals surface area contributed by atoms with Crippen LogP contribution in [0.25, 0.3) is 6.08 Å². The van der Waals surface area contributed by atoms with Crippen molar-refractivity contribution >= 4 is 18.5 Å². The van der Waals surface area contributed by atoms with E-state index in [0.29, 0.717) is 30.2 Å². The molecular weight excluding hydrogens is 425 g/mol. The highest BCUT2D eigenvalue weighted by molar-refractivity contribution is 5.77. The minimum atomic E-state index is -0.437. The van der Waals surface area contributed by atoms with Crippen LogP contribution < -0.4 is 5.73 Å². The molecule has 0 saturated carbocycles. The lowest BCUT2D eigenvalue weighted by molar-refractivity contribution is -0.132. The largest absolute Gasteiger partial charge is 0.483 e. The lowest BCUT2D eigenvalue weighted by Gasteiger charge is -2.24. The van der Waals surface area contributed by atoms with Crippen LogP contribution in [0, 0.1) is 5.82 Å². The zero-order valence-electron chi connectivity index (χ0n) is 18.6. The Morgan fingerprint density at radius 2 is 2.06 bits per heavy atom. The Labute approximate surface area is 192 Å². The van der Waals surface area contributed by atoms with E-state index in [1.54, 1.807) is 23.1 Å². The summed E-state index contributed by atoms with van der Waals surface area (Å²) in [7, 11) is 0. The molecule has 3 rings (SSSR count). The number of rotatable bonds is 8. The van der Waals surface area contributed by atoms with Gasteiger partial charge in [-0.25, -0.2) is 9.37 Å². The number of allylic oxidation sites excluding steroid dienone is 5. The molecule has 8 nitrogen and oxygen atoms in total. The lowest BCUT2D eigenvalue weighted by atomic mass is 10.0. The summed E-state index contributed by atoms with van der Waals surface area (Å²) >= 11 is 0. The van der Waals surface area contributed by atoms with Gasteiger partial charge >= 0.3 is 0 Å². The zero-order valence-corrected chi connectivity index (χ0v) is 18.6.